The van der Waals surface area contributed by atoms with Gasteiger partial charge < -0.3 is 9.64 Å². The summed E-state index contributed by atoms with van der Waals surface area (Å²) < 4.78 is 6.03. The quantitative estimate of drug-likeness (QED) is 0.569. The van der Waals surface area contributed by atoms with Gasteiger partial charge in [-0.3, -0.25) is 14.4 Å². The Morgan fingerprint density at radius 2 is 1.76 bits per heavy atom. The van der Waals surface area contributed by atoms with Crippen molar-refractivity contribution in [3.63, 3.8) is 0 Å². The third kappa shape index (κ3) is 4.14. The minimum absolute atomic E-state index is 0.0917. The van der Waals surface area contributed by atoms with Crippen LogP contribution in [0.3, 0.4) is 0 Å². The second-order valence-electron chi connectivity index (χ2n) is 5.78. The molecule has 1 fully saturated rings. The first-order valence-electron chi connectivity index (χ1n) is 7.85. The summed E-state index contributed by atoms with van der Waals surface area (Å²) in [7, 11) is 0. The largest absolute Gasteiger partial charge is 0.457 e. The molecule has 1 aliphatic heterocycles. The van der Waals surface area contributed by atoms with Gasteiger partial charge in [-0.05, 0) is 24.3 Å². The van der Waals surface area contributed by atoms with Crippen LogP contribution in [-0.2, 0) is 14.3 Å². The monoisotopic (exact) mass is 401 g/mol. The maximum atomic E-state index is 12.2. The lowest BCUT2D eigenvalue weighted by Crippen LogP contribution is -2.27. The number of hydrogen-bond acceptors (Lipinski definition) is 4. The van der Waals surface area contributed by atoms with E-state index in [0.29, 0.717) is 5.56 Å². The first kappa shape index (κ1) is 17.4. The number of amides is 1. The highest BCUT2D eigenvalue weighted by Crippen LogP contribution is 2.27. The molecule has 0 bridgehead atoms. The summed E-state index contributed by atoms with van der Waals surface area (Å²) in [5.41, 5.74) is 1.23. The van der Waals surface area contributed by atoms with Crippen molar-refractivity contribution in [1.82, 2.24) is 0 Å². The average molecular weight is 402 g/mol. The first-order valence-corrected chi connectivity index (χ1v) is 8.64. The van der Waals surface area contributed by atoms with Crippen molar-refractivity contribution in [1.29, 1.82) is 0 Å². The van der Waals surface area contributed by atoms with Gasteiger partial charge in [-0.2, -0.15) is 0 Å². The van der Waals surface area contributed by atoms with E-state index < -0.39 is 11.9 Å². The van der Waals surface area contributed by atoms with Crippen LogP contribution >= 0.6 is 15.9 Å². The minimum Gasteiger partial charge on any atom is -0.457 e. The number of rotatable bonds is 5. The van der Waals surface area contributed by atoms with E-state index in [0.717, 1.165) is 10.2 Å². The van der Waals surface area contributed by atoms with E-state index in [1.807, 2.05) is 30.3 Å². The Balaban J connectivity index is 1.57. The van der Waals surface area contributed by atoms with E-state index in [9.17, 15) is 14.4 Å². The molecule has 6 heteroatoms. The van der Waals surface area contributed by atoms with Gasteiger partial charge in [0.25, 0.3) is 0 Å². The summed E-state index contributed by atoms with van der Waals surface area (Å²) in [4.78, 5) is 37.9. The highest BCUT2D eigenvalue weighted by atomic mass is 79.9. The average Bonchev–Trinajstić information content (AvgIpc) is 3.02. The lowest BCUT2D eigenvalue weighted by molar-refractivity contribution is -0.147. The van der Waals surface area contributed by atoms with Crippen molar-refractivity contribution in [2.45, 2.75) is 6.42 Å². The van der Waals surface area contributed by atoms with Gasteiger partial charge in [0.15, 0.2) is 12.4 Å². The second kappa shape index (κ2) is 7.61. The zero-order valence-corrected chi connectivity index (χ0v) is 14.9. The Morgan fingerprint density at radius 1 is 1.08 bits per heavy atom. The molecule has 128 valence electrons. The Bertz CT molecular complexity index is 789. The number of nitrogens with zero attached hydrogens (tertiary/aromatic N) is 1. The number of ketones is 1. The van der Waals surface area contributed by atoms with Gasteiger partial charge in [0.1, 0.15) is 0 Å². The van der Waals surface area contributed by atoms with Crippen LogP contribution in [0.2, 0.25) is 0 Å². The number of carbonyl (C=O) groups excluding carboxylic acids is 3. The molecule has 0 N–H and O–H groups in total. The fourth-order valence-corrected chi connectivity index (χ4v) is 2.96. The summed E-state index contributed by atoms with van der Waals surface area (Å²) in [6.45, 7) is -0.0509. The molecular weight excluding hydrogens is 386 g/mol. The standard InChI is InChI=1S/C19H16BrNO4/c20-15-6-8-16(9-7-15)21-11-14(10-18(21)23)19(24)25-12-17(22)13-4-2-1-3-5-13/h1-9,14H,10-12H2/t14-/m0/s1. The predicted octanol–water partition coefficient (Wildman–Crippen LogP) is 3.23. The van der Waals surface area contributed by atoms with Gasteiger partial charge in [-0.15, -0.1) is 0 Å². The van der Waals surface area contributed by atoms with E-state index >= 15 is 0 Å². The molecule has 0 aliphatic carbocycles. The second-order valence-corrected chi connectivity index (χ2v) is 6.69. The molecule has 0 radical (unpaired) electrons. The van der Waals surface area contributed by atoms with Crippen LogP contribution in [0.1, 0.15) is 16.8 Å². The normalized spacial score (nSPS) is 16.8. The van der Waals surface area contributed by atoms with Gasteiger partial charge in [-0.1, -0.05) is 46.3 Å². The van der Waals surface area contributed by atoms with Crippen LogP contribution in [0, 0.1) is 5.92 Å². The van der Waals surface area contributed by atoms with Gasteiger partial charge in [0, 0.05) is 28.7 Å². The first-order chi connectivity index (χ1) is 12.0. The van der Waals surface area contributed by atoms with Gasteiger partial charge in [0.05, 0.1) is 5.92 Å². The Labute approximate surface area is 153 Å². The van der Waals surface area contributed by atoms with Crippen LogP contribution < -0.4 is 4.90 Å². The van der Waals surface area contributed by atoms with Crippen molar-refractivity contribution >= 4 is 39.3 Å². The van der Waals surface area contributed by atoms with Gasteiger partial charge in [-0.25, -0.2) is 0 Å². The fraction of sp³-hybridized carbons (Fsp3) is 0.211. The summed E-state index contributed by atoms with van der Waals surface area (Å²) in [5.74, 6) is -1.46. The molecular formula is C19H16BrNO4. The lowest BCUT2D eigenvalue weighted by Gasteiger charge is -2.16. The lowest BCUT2D eigenvalue weighted by atomic mass is 10.1. The number of anilines is 1. The zero-order chi connectivity index (χ0) is 17.8. The molecule has 3 rings (SSSR count). The third-order valence-electron chi connectivity index (χ3n) is 4.04. The van der Waals surface area contributed by atoms with E-state index in [1.165, 1.54) is 0 Å². The van der Waals surface area contributed by atoms with Crippen molar-refractivity contribution < 1.29 is 19.1 Å². The smallest absolute Gasteiger partial charge is 0.311 e. The van der Waals surface area contributed by atoms with Crippen LogP contribution in [0.25, 0.3) is 0 Å². The summed E-state index contributed by atoms with van der Waals surface area (Å²) in [5, 5.41) is 0. The van der Waals surface area contributed by atoms with Crippen molar-refractivity contribution in [2.75, 3.05) is 18.1 Å². The molecule has 2 aromatic rings. The highest BCUT2D eigenvalue weighted by molar-refractivity contribution is 9.10. The Morgan fingerprint density at radius 3 is 2.44 bits per heavy atom. The van der Waals surface area contributed by atoms with Gasteiger partial charge >= 0.3 is 5.97 Å². The molecule has 2 aromatic carbocycles. The van der Waals surface area contributed by atoms with Crippen molar-refractivity contribution in [3.05, 3.63) is 64.6 Å². The third-order valence-corrected chi connectivity index (χ3v) is 4.57. The fourth-order valence-electron chi connectivity index (χ4n) is 2.70. The Kier molecular flexibility index (Phi) is 5.28. The number of benzene rings is 2. The van der Waals surface area contributed by atoms with Gasteiger partial charge in [0.2, 0.25) is 5.91 Å². The number of halogens is 1. The molecule has 1 atom stereocenters. The van der Waals surface area contributed by atoms with Crippen LogP contribution in [0.5, 0.6) is 0 Å². The number of hydrogen-bond donors (Lipinski definition) is 0. The van der Waals surface area contributed by atoms with Crippen LogP contribution in [0.15, 0.2) is 59.1 Å². The molecule has 0 unspecified atom stereocenters. The van der Waals surface area contributed by atoms with Crippen LogP contribution in [-0.4, -0.2) is 30.8 Å². The van der Waals surface area contributed by atoms with E-state index in [4.69, 9.17) is 4.74 Å². The zero-order valence-electron chi connectivity index (χ0n) is 13.4. The summed E-state index contributed by atoms with van der Waals surface area (Å²) in [6.07, 6.45) is 0.0917. The maximum Gasteiger partial charge on any atom is 0.311 e. The molecule has 0 saturated carbocycles. The summed E-state index contributed by atoms with van der Waals surface area (Å²) >= 11 is 3.35. The van der Waals surface area contributed by atoms with E-state index in [1.54, 1.807) is 29.2 Å². The SMILES string of the molecule is O=C(COC(=O)[C@H]1CC(=O)N(c2ccc(Br)cc2)C1)c1ccccc1. The molecule has 0 aromatic heterocycles. The number of esters is 1. The molecule has 1 amide bonds. The highest BCUT2D eigenvalue weighted by Gasteiger charge is 2.36. The number of ether oxygens (including phenoxy) is 1. The molecule has 1 heterocycles. The molecule has 25 heavy (non-hydrogen) atoms. The molecule has 1 aliphatic rings. The number of Topliss-reactive ketones (excluding diaryl/α,β-unsaturated/α-hetero) is 1. The minimum atomic E-state index is -0.556. The molecule has 1 saturated heterocycles. The predicted molar refractivity (Wildman–Crippen MR) is 96.3 cm³/mol. The van der Waals surface area contributed by atoms with Crippen LogP contribution in [0.4, 0.5) is 5.69 Å². The van der Waals surface area contributed by atoms with E-state index in [2.05, 4.69) is 15.9 Å². The van der Waals surface area contributed by atoms with Crippen molar-refractivity contribution in [3.8, 4) is 0 Å². The topological polar surface area (TPSA) is 63.7 Å². The number of carbonyl (C=O) groups is 3. The molecule has 5 nitrogen and oxygen atoms in total. The molecule has 0 spiro atoms. The van der Waals surface area contributed by atoms with Crippen molar-refractivity contribution in [2.24, 2.45) is 5.92 Å². The van der Waals surface area contributed by atoms with E-state index in [-0.39, 0.29) is 31.3 Å². The summed E-state index contributed by atoms with van der Waals surface area (Å²) in [6, 6.07) is 16.0. The maximum absolute atomic E-state index is 12.2. The Hall–Kier alpha value is -2.47.